The van der Waals surface area contributed by atoms with Crippen LogP contribution >= 0.6 is 0 Å². The first-order valence-corrected chi connectivity index (χ1v) is 5.40. The molecule has 1 fully saturated rings. The van der Waals surface area contributed by atoms with Gasteiger partial charge in [-0.2, -0.15) is 0 Å². The van der Waals surface area contributed by atoms with Crippen LogP contribution in [0.4, 0.5) is 5.69 Å². The molecule has 1 aromatic rings. The highest BCUT2D eigenvalue weighted by Gasteiger charge is 2.14. The summed E-state index contributed by atoms with van der Waals surface area (Å²) in [5, 5.41) is 3.39. The molecule has 0 saturated carbocycles. The molecule has 0 aromatic heterocycles. The van der Waals surface area contributed by atoms with Gasteiger partial charge in [-0.1, -0.05) is 18.2 Å². The standard InChI is InChI=1S/C12H18N2/c13-12-4-2-1-3-11(12)6-5-10-7-8-14-9-10/h1-4,10,14H,5-9,13H2. The molecule has 1 aliphatic rings. The van der Waals surface area contributed by atoms with Crippen LogP contribution in [0.5, 0.6) is 0 Å². The molecular formula is C12H18N2. The molecular weight excluding hydrogens is 172 g/mol. The van der Waals surface area contributed by atoms with Gasteiger partial charge in [-0.25, -0.2) is 0 Å². The van der Waals surface area contributed by atoms with E-state index in [0.29, 0.717) is 0 Å². The second kappa shape index (κ2) is 4.47. The van der Waals surface area contributed by atoms with E-state index in [9.17, 15) is 0 Å². The lowest BCUT2D eigenvalue weighted by Gasteiger charge is -2.09. The van der Waals surface area contributed by atoms with Crippen LogP contribution in [0.2, 0.25) is 0 Å². The topological polar surface area (TPSA) is 38.0 Å². The summed E-state index contributed by atoms with van der Waals surface area (Å²) in [5.41, 5.74) is 8.14. The fraction of sp³-hybridized carbons (Fsp3) is 0.500. The van der Waals surface area contributed by atoms with E-state index in [-0.39, 0.29) is 0 Å². The Bertz CT molecular complexity index is 290. The zero-order valence-electron chi connectivity index (χ0n) is 8.50. The smallest absolute Gasteiger partial charge is 0.0346 e. The minimum atomic E-state index is 0.856. The van der Waals surface area contributed by atoms with Crippen molar-refractivity contribution in [3.63, 3.8) is 0 Å². The lowest BCUT2D eigenvalue weighted by Crippen LogP contribution is -2.09. The first-order valence-electron chi connectivity index (χ1n) is 5.40. The van der Waals surface area contributed by atoms with Crippen molar-refractivity contribution in [2.45, 2.75) is 19.3 Å². The van der Waals surface area contributed by atoms with Crippen molar-refractivity contribution >= 4 is 5.69 Å². The van der Waals surface area contributed by atoms with Crippen molar-refractivity contribution in [3.05, 3.63) is 29.8 Å². The number of nitrogens with one attached hydrogen (secondary N) is 1. The fourth-order valence-electron chi connectivity index (χ4n) is 2.08. The quantitative estimate of drug-likeness (QED) is 0.713. The molecule has 2 nitrogen and oxygen atoms in total. The molecule has 0 aliphatic carbocycles. The van der Waals surface area contributed by atoms with E-state index in [1.807, 2.05) is 12.1 Å². The van der Waals surface area contributed by atoms with Crippen molar-refractivity contribution < 1.29 is 0 Å². The van der Waals surface area contributed by atoms with Gasteiger partial charge in [0.2, 0.25) is 0 Å². The van der Waals surface area contributed by atoms with Crippen LogP contribution < -0.4 is 11.1 Å². The van der Waals surface area contributed by atoms with Crippen molar-refractivity contribution in [2.75, 3.05) is 18.8 Å². The minimum absolute atomic E-state index is 0.856. The average Bonchev–Trinajstić information content (AvgIpc) is 2.69. The summed E-state index contributed by atoms with van der Waals surface area (Å²) in [6, 6.07) is 8.19. The molecule has 1 heterocycles. The minimum Gasteiger partial charge on any atom is -0.399 e. The molecule has 0 bridgehead atoms. The van der Waals surface area contributed by atoms with Crippen LogP contribution in [0.1, 0.15) is 18.4 Å². The van der Waals surface area contributed by atoms with Crippen LogP contribution in [0, 0.1) is 5.92 Å². The van der Waals surface area contributed by atoms with E-state index in [4.69, 9.17) is 5.73 Å². The predicted octanol–water partition coefficient (Wildman–Crippen LogP) is 1.81. The maximum atomic E-state index is 5.89. The molecule has 3 N–H and O–H groups in total. The fourth-order valence-corrected chi connectivity index (χ4v) is 2.08. The maximum Gasteiger partial charge on any atom is 0.0346 e. The Kier molecular flexibility index (Phi) is 3.04. The summed E-state index contributed by atoms with van der Waals surface area (Å²) in [4.78, 5) is 0. The lowest BCUT2D eigenvalue weighted by molar-refractivity contribution is 0.533. The number of nitrogens with two attached hydrogens (primary N) is 1. The Hall–Kier alpha value is -1.02. The van der Waals surface area contributed by atoms with Crippen LogP contribution in [-0.2, 0) is 6.42 Å². The maximum absolute atomic E-state index is 5.89. The largest absolute Gasteiger partial charge is 0.399 e. The summed E-state index contributed by atoms with van der Waals surface area (Å²) in [6.07, 6.45) is 3.72. The van der Waals surface area contributed by atoms with E-state index in [2.05, 4.69) is 17.4 Å². The molecule has 0 radical (unpaired) electrons. The van der Waals surface area contributed by atoms with Gasteiger partial charge in [0.15, 0.2) is 0 Å². The summed E-state index contributed by atoms with van der Waals surface area (Å²) in [7, 11) is 0. The summed E-state index contributed by atoms with van der Waals surface area (Å²) in [6.45, 7) is 2.38. The van der Waals surface area contributed by atoms with Crippen LogP contribution in [0.3, 0.4) is 0 Å². The van der Waals surface area contributed by atoms with Gasteiger partial charge in [0.25, 0.3) is 0 Å². The Morgan fingerprint density at radius 2 is 2.21 bits per heavy atom. The van der Waals surface area contributed by atoms with Gasteiger partial charge in [0.1, 0.15) is 0 Å². The van der Waals surface area contributed by atoms with E-state index < -0.39 is 0 Å². The molecule has 1 aliphatic heterocycles. The van der Waals surface area contributed by atoms with Crippen LogP contribution in [-0.4, -0.2) is 13.1 Å². The van der Waals surface area contributed by atoms with Crippen LogP contribution in [0.15, 0.2) is 24.3 Å². The average molecular weight is 190 g/mol. The highest BCUT2D eigenvalue weighted by Crippen LogP contribution is 2.18. The molecule has 0 amide bonds. The molecule has 1 saturated heterocycles. The Morgan fingerprint density at radius 1 is 1.36 bits per heavy atom. The number of aryl methyl sites for hydroxylation is 1. The van der Waals surface area contributed by atoms with E-state index >= 15 is 0 Å². The second-order valence-corrected chi connectivity index (χ2v) is 4.10. The molecule has 14 heavy (non-hydrogen) atoms. The number of hydrogen-bond donors (Lipinski definition) is 2. The highest BCUT2D eigenvalue weighted by molar-refractivity contribution is 5.46. The van der Waals surface area contributed by atoms with Crippen molar-refractivity contribution in [1.82, 2.24) is 5.32 Å². The number of para-hydroxylation sites is 1. The molecule has 2 rings (SSSR count). The van der Waals surface area contributed by atoms with Crippen LogP contribution in [0.25, 0.3) is 0 Å². The molecule has 2 heteroatoms. The number of anilines is 1. The molecule has 0 spiro atoms. The Morgan fingerprint density at radius 3 is 2.93 bits per heavy atom. The normalized spacial score (nSPS) is 21.3. The van der Waals surface area contributed by atoms with E-state index in [0.717, 1.165) is 18.0 Å². The third-order valence-corrected chi connectivity index (χ3v) is 3.04. The van der Waals surface area contributed by atoms with Gasteiger partial charge >= 0.3 is 0 Å². The molecule has 1 aromatic carbocycles. The Balaban J connectivity index is 1.88. The SMILES string of the molecule is Nc1ccccc1CCC1CCNC1. The monoisotopic (exact) mass is 190 g/mol. The summed E-state index contributed by atoms with van der Waals surface area (Å²) >= 11 is 0. The summed E-state index contributed by atoms with van der Waals surface area (Å²) < 4.78 is 0. The summed E-state index contributed by atoms with van der Waals surface area (Å²) in [5.74, 6) is 0.856. The van der Waals surface area contributed by atoms with Gasteiger partial charge in [0.05, 0.1) is 0 Å². The number of rotatable bonds is 3. The zero-order chi connectivity index (χ0) is 9.80. The molecule has 1 atom stereocenters. The van der Waals surface area contributed by atoms with Gasteiger partial charge < -0.3 is 11.1 Å². The first kappa shape index (κ1) is 9.53. The lowest BCUT2D eigenvalue weighted by atomic mass is 9.98. The number of nitrogen functional groups attached to an aromatic ring is 1. The third kappa shape index (κ3) is 2.26. The van der Waals surface area contributed by atoms with Gasteiger partial charge in [-0.3, -0.25) is 0 Å². The molecule has 1 unspecified atom stereocenters. The highest BCUT2D eigenvalue weighted by atomic mass is 14.9. The van der Waals surface area contributed by atoms with Crippen molar-refractivity contribution in [3.8, 4) is 0 Å². The molecule has 76 valence electrons. The number of hydrogen-bond acceptors (Lipinski definition) is 2. The third-order valence-electron chi connectivity index (χ3n) is 3.04. The van der Waals surface area contributed by atoms with Crippen molar-refractivity contribution in [1.29, 1.82) is 0 Å². The van der Waals surface area contributed by atoms with E-state index in [1.54, 1.807) is 0 Å². The van der Waals surface area contributed by atoms with Gasteiger partial charge in [0, 0.05) is 5.69 Å². The predicted molar refractivity (Wildman–Crippen MR) is 60.2 cm³/mol. The van der Waals surface area contributed by atoms with E-state index in [1.165, 1.54) is 31.5 Å². The second-order valence-electron chi connectivity index (χ2n) is 4.10. The van der Waals surface area contributed by atoms with Crippen molar-refractivity contribution in [2.24, 2.45) is 5.92 Å². The first-order chi connectivity index (χ1) is 6.86. The van der Waals surface area contributed by atoms with Gasteiger partial charge in [-0.15, -0.1) is 0 Å². The Labute approximate surface area is 85.5 Å². The number of benzene rings is 1. The zero-order valence-corrected chi connectivity index (χ0v) is 8.50. The van der Waals surface area contributed by atoms with Gasteiger partial charge in [-0.05, 0) is 49.9 Å².